The molecule has 8 heteroatoms. The zero-order valence-electron chi connectivity index (χ0n) is 15.9. The largest absolute Gasteiger partial charge is 0.360 e. The van der Waals surface area contributed by atoms with Gasteiger partial charge >= 0.3 is 0 Å². The maximum absolute atomic E-state index is 13.1. The van der Waals surface area contributed by atoms with Crippen LogP contribution in [0, 0.1) is 18.8 Å². The number of anilines is 1. The number of carbonyl (C=O) groups excluding carboxylic acids is 2. The number of likely N-dealkylation sites (tertiary alicyclic amines) is 1. The van der Waals surface area contributed by atoms with Crippen LogP contribution < -0.4 is 16.2 Å². The molecule has 0 radical (unpaired) electrons. The molecular weight excluding hydrogens is 358 g/mol. The van der Waals surface area contributed by atoms with Gasteiger partial charge in [-0.1, -0.05) is 35.5 Å². The van der Waals surface area contributed by atoms with Gasteiger partial charge < -0.3 is 14.7 Å². The third kappa shape index (κ3) is 3.93. The van der Waals surface area contributed by atoms with Crippen molar-refractivity contribution >= 4 is 17.6 Å². The Kier molecular flexibility index (Phi) is 5.40. The summed E-state index contributed by atoms with van der Waals surface area (Å²) in [6, 6.07) is 11.7. The number of hydrogen-bond donors (Lipinski definition) is 3. The smallest absolute Gasteiger partial charge is 0.229 e. The SMILES string of the molecule is Cc1cc(NC(=O)C2CCN(C(=O)C3CNNC3c3ccccc3)CC2)no1. The Morgan fingerprint density at radius 3 is 2.64 bits per heavy atom. The summed E-state index contributed by atoms with van der Waals surface area (Å²) < 4.78 is 4.98. The van der Waals surface area contributed by atoms with Crippen LogP contribution in [0.5, 0.6) is 0 Å². The third-order valence-electron chi connectivity index (χ3n) is 5.51. The molecule has 2 saturated heterocycles. The summed E-state index contributed by atoms with van der Waals surface area (Å²) >= 11 is 0. The number of hydrogen-bond acceptors (Lipinski definition) is 6. The molecule has 1 aromatic carbocycles. The van der Waals surface area contributed by atoms with Crippen molar-refractivity contribution in [3.05, 3.63) is 47.7 Å². The molecule has 8 nitrogen and oxygen atoms in total. The monoisotopic (exact) mass is 383 g/mol. The minimum absolute atomic E-state index is 0.0369. The van der Waals surface area contributed by atoms with Gasteiger partial charge in [-0.3, -0.25) is 15.0 Å². The van der Waals surface area contributed by atoms with Crippen molar-refractivity contribution in [3.8, 4) is 0 Å². The molecule has 0 spiro atoms. The molecule has 0 saturated carbocycles. The molecule has 3 N–H and O–H groups in total. The fourth-order valence-corrected chi connectivity index (χ4v) is 3.95. The molecule has 1 aromatic heterocycles. The van der Waals surface area contributed by atoms with E-state index in [0.29, 0.717) is 44.1 Å². The van der Waals surface area contributed by atoms with E-state index >= 15 is 0 Å². The molecule has 4 rings (SSSR count). The number of amides is 2. The zero-order valence-corrected chi connectivity index (χ0v) is 15.9. The molecule has 148 valence electrons. The molecule has 0 aliphatic carbocycles. The van der Waals surface area contributed by atoms with Gasteiger partial charge in [-0.25, -0.2) is 5.43 Å². The molecule has 2 fully saturated rings. The van der Waals surface area contributed by atoms with E-state index in [1.807, 2.05) is 35.2 Å². The highest BCUT2D eigenvalue weighted by Crippen LogP contribution is 2.28. The highest BCUT2D eigenvalue weighted by atomic mass is 16.5. The van der Waals surface area contributed by atoms with Gasteiger partial charge in [0.05, 0.1) is 12.0 Å². The highest BCUT2D eigenvalue weighted by Gasteiger charge is 2.38. The van der Waals surface area contributed by atoms with E-state index in [9.17, 15) is 9.59 Å². The summed E-state index contributed by atoms with van der Waals surface area (Å²) in [5.74, 6) is 0.901. The quantitative estimate of drug-likeness (QED) is 0.742. The van der Waals surface area contributed by atoms with Gasteiger partial charge in [0.1, 0.15) is 5.76 Å². The van der Waals surface area contributed by atoms with Gasteiger partial charge in [0.2, 0.25) is 11.8 Å². The van der Waals surface area contributed by atoms with E-state index < -0.39 is 0 Å². The molecule has 0 bridgehead atoms. The van der Waals surface area contributed by atoms with Crippen molar-refractivity contribution in [2.75, 3.05) is 25.0 Å². The second kappa shape index (κ2) is 8.12. The first-order chi connectivity index (χ1) is 13.6. The van der Waals surface area contributed by atoms with Crippen LogP contribution >= 0.6 is 0 Å². The van der Waals surface area contributed by atoms with Gasteiger partial charge in [0.25, 0.3) is 0 Å². The summed E-state index contributed by atoms with van der Waals surface area (Å²) in [7, 11) is 0. The predicted molar refractivity (Wildman–Crippen MR) is 103 cm³/mol. The van der Waals surface area contributed by atoms with E-state index in [1.54, 1.807) is 13.0 Å². The van der Waals surface area contributed by atoms with Crippen molar-refractivity contribution in [2.45, 2.75) is 25.8 Å². The predicted octanol–water partition coefficient (Wildman–Crippen LogP) is 1.63. The topological polar surface area (TPSA) is 99.5 Å². The zero-order chi connectivity index (χ0) is 19.5. The Balaban J connectivity index is 1.33. The summed E-state index contributed by atoms with van der Waals surface area (Å²) in [6.07, 6.45) is 1.30. The van der Waals surface area contributed by atoms with Crippen LogP contribution in [-0.2, 0) is 9.59 Å². The Labute approximate surface area is 163 Å². The third-order valence-corrected chi connectivity index (χ3v) is 5.51. The van der Waals surface area contributed by atoms with Crippen LogP contribution in [0.25, 0.3) is 0 Å². The molecule has 2 amide bonds. The lowest BCUT2D eigenvalue weighted by molar-refractivity contribution is -0.138. The first-order valence-electron chi connectivity index (χ1n) is 9.68. The van der Waals surface area contributed by atoms with Crippen molar-refractivity contribution < 1.29 is 14.1 Å². The second-order valence-electron chi connectivity index (χ2n) is 7.43. The average Bonchev–Trinajstić information content (AvgIpc) is 3.37. The number of aryl methyl sites for hydroxylation is 1. The average molecular weight is 383 g/mol. The number of nitrogens with one attached hydrogen (secondary N) is 3. The maximum Gasteiger partial charge on any atom is 0.229 e. The highest BCUT2D eigenvalue weighted by molar-refractivity contribution is 5.92. The van der Waals surface area contributed by atoms with Crippen molar-refractivity contribution in [1.82, 2.24) is 20.9 Å². The minimum atomic E-state index is -0.147. The Morgan fingerprint density at radius 2 is 1.96 bits per heavy atom. The number of hydrazine groups is 1. The molecule has 2 unspecified atom stereocenters. The van der Waals surface area contributed by atoms with Crippen molar-refractivity contribution in [3.63, 3.8) is 0 Å². The van der Waals surface area contributed by atoms with Crippen LogP contribution in [0.4, 0.5) is 5.82 Å². The van der Waals surface area contributed by atoms with Crippen LogP contribution in [0.3, 0.4) is 0 Å². The number of benzene rings is 1. The van der Waals surface area contributed by atoms with Gasteiger partial charge in [-0.15, -0.1) is 0 Å². The molecule has 2 atom stereocenters. The minimum Gasteiger partial charge on any atom is -0.360 e. The second-order valence-corrected chi connectivity index (χ2v) is 7.43. The van der Waals surface area contributed by atoms with E-state index in [4.69, 9.17) is 4.52 Å². The van der Waals surface area contributed by atoms with E-state index in [-0.39, 0.29) is 29.7 Å². The number of piperidine rings is 1. The van der Waals surface area contributed by atoms with Crippen LogP contribution in [0.15, 0.2) is 40.9 Å². The number of rotatable bonds is 4. The normalized spacial score (nSPS) is 23.0. The Morgan fingerprint density at radius 1 is 1.21 bits per heavy atom. The Bertz CT molecular complexity index is 829. The number of aromatic nitrogens is 1. The van der Waals surface area contributed by atoms with E-state index in [0.717, 1.165) is 5.56 Å². The van der Waals surface area contributed by atoms with Gasteiger partial charge in [0, 0.05) is 31.6 Å². The summed E-state index contributed by atoms with van der Waals surface area (Å²) in [5.41, 5.74) is 7.44. The van der Waals surface area contributed by atoms with Gasteiger partial charge in [-0.2, -0.15) is 0 Å². The van der Waals surface area contributed by atoms with Crippen LogP contribution in [-0.4, -0.2) is 41.5 Å². The van der Waals surface area contributed by atoms with Crippen molar-refractivity contribution in [1.29, 1.82) is 0 Å². The van der Waals surface area contributed by atoms with Gasteiger partial charge in [-0.05, 0) is 25.3 Å². The summed E-state index contributed by atoms with van der Waals surface area (Å²) in [4.78, 5) is 27.4. The van der Waals surface area contributed by atoms with Crippen molar-refractivity contribution in [2.24, 2.45) is 11.8 Å². The Hall–Kier alpha value is -2.71. The van der Waals surface area contributed by atoms with E-state index in [2.05, 4.69) is 21.3 Å². The lowest BCUT2D eigenvalue weighted by atomic mass is 9.91. The van der Waals surface area contributed by atoms with Crippen LogP contribution in [0.1, 0.15) is 30.2 Å². The fraction of sp³-hybridized carbons (Fsp3) is 0.450. The molecule has 28 heavy (non-hydrogen) atoms. The lowest BCUT2D eigenvalue weighted by Gasteiger charge is -2.33. The van der Waals surface area contributed by atoms with Gasteiger partial charge in [0.15, 0.2) is 5.82 Å². The molecule has 3 heterocycles. The molecule has 2 aliphatic rings. The fourth-order valence-electron chi connectivity index (χ4n) is 3.95. The molecule has 2 aromatic rings. The number of carbonyl (C=O) groups is 2. The lowest BCUT2D eigenvalue weighted by Crippen LogP contribution is -2.45. The van der Waals surface area contributed by atoms with Crippen LogP contribution in [0.2, 0.25) is 0 Å². The maximum atomic E-state index is 13.1. The standard InChI is InChI=1S/C20H25N5O3/c1-13-11-17(24-28-13)22-19(26)15-7-9-25(10-8-15)20(27)16-12-21-23-18(16)14-5-3-2-4-6-14/h2-6,11,15-16,18,21,23H,7-10,12H2,1H3,(H,22,24,26). The first kappa shape index (κ1) is 18.6. The summed E-state index contributed by atoms with van der Waals surface area (Å²) in [6.45, 7) is 3.56. The first-order valence-corrected chi connectivity index (χ1v) is 9.68. The van der Waals surface area contributed by atoms with E-state index in [1.165, 1.54) is 0 Å². The number of nitrogens with zero attached hydrogens (tertiary/aromatic N) is 2. The molecular formula is C20H25N5O3. The molecule has 2 aliphatic heterocycles. The summed E-state index contributed by atoms with van der Waals surface area (Å²) in [5, 5.41) is 6.59.